The van der Waals surface area contributed by atoms with Gasteiger partial charge < -0.3 is 14.1 Å². The van der Waals surface area contributed by atoms with Gasteiger partial charge in [0.2, 0.25) is 5.91 Å². The molecule has 6 nitrogen and oxygen atoms in total. The van der Waals surface area contributed by atoms with Gasteiger partial charge in [-0.25, -0.2) is 0 Å². The van der Waals surface area contributed by atoms with Gasteiger partial charge >= 0.3 is 5.97 Å². The first-order chi connectivity index (χ1) is 14.4. The van der Waals surface area contributed by atoms with E-state index in [-0.39, 0.29) is 24.7 Å². The molecule has 6 heteroatoms. The van der Waals surface area contributed by atoms with Gasteiger partial charge in [0, 0.05) is 35.2 Å². The minimum absolute atomic E-state index is 0.0405. The number of carbonyl (C=O) groups is 3. The third kappa shape index (κ3) is 3.99. The van der Waals surface area contributed by atoms with Gasteiger partial charge in [-0.2, -0.15) is 0 Å². The predicted octanol–water partition coefficient (Wildman–Crippen LogP) is 4.15. The summed E-state index contributed by atoms with van der Waals surface area (Å²) in [5.74, 6) is -0.671. The van der Waals surface area contributed by atoms with Crippen molar-refractivity contribution in [3.8, 4) is 0 Å². The van der Waals surface area contributed by atoms with Crippen LogP contribution in [0.25, 0.3) is 11.0 Å². The summed E-state index contributed by atoms with van der Waals surface area (Å²) in [6, 6.07) is 10.8. The third-order valence-corrected chi connectivity index (χ3v) is 5.54. The first kappa shape index (κ1) is 19.9. The first-order valence-corrected chi connectivity index (χ1v) is 9.99. The average molecular weight is 405 g/mol. The Bertz CT molecular complexity index is 1130. The van der Waals surface area contributed by atoms with Crippen LogP contribution in [0.15, 0.2) is 47.1 Å². The highest BCUT2D eigenvalue weighted by atomic mass is 16.5. The monoisotopic (exact) mass is 405 g/mol. The number of fused-ring (bicyclic) bond motifs is 1. The van der Waals surface area contributed by atoms with Crippen molar-refractivity contribution < 1.29 is 23.5 Å². The molecule has 0 aliphatic carbocycles. The quantitative estimate of drug-likeness (QED) is 0.455. The Labute approximate surface area is 174 Å². The number of carbonyl (C=O) groups excluding carboxylic acids is 3. The van der Waals surface area contributed by atoms with E-state index in [1.165, 1.54) is 0 Å². The van der Waals surface area contributed by atoms with Crippen LogP contribution >= 0.6 is 0 Å². The van der Waals surface area contributed by atoms with E-state index >= 15 is 0 Å². The number of aryl methyl sites for hydroxylation is 2. The largest absolute Gasteiger partial charge is 0.464 e. The molecule has 30 heavy (non-hydrogen) atoms. The Hall–Kier alpha value is -3.41. The van der Waals surface area contributed by atoms with Crippen molar-refractivity contribution in [2.45, 2.75) is 33.1 Å². The summed E-state index contributed by atoms with van der Waals surface area (Å²) in [5, 5.41) is 0.883. The minimum Gasteiger partial charge on any atom is -0.464 e. The van der Waals surface area contributed by atoms with Crippen LogP contribution < -0.4 is 4.90 Å². The van der Waals surface area contributed by atoms with E-state index in [1.54, 1.807) is 35.4 Å². The zero-order chi connectivity index (χ0) is 21.3. The average Bonchev–Trinajstić information content (AvgIpc) is 3.33. The van der Waals surface area contributed by atoms with Crippen LogP contribution in [0.3, 0.4) is 0 Å². The molecule has 1 amide bonds. The first-order valence-electron chi connectivity index (χ1n) is 9.99. The van der Waals surface area contributed by atoms with Crippen LogP contribution in [0, 0.1) is 13.8 Å². The predicted molar refractivity (Wildman–Crippen MR) is 113 cm³/mol. The van der Waals surface area contributed by atoms with E-state index in [0.29, 0.717) is 18.5 Å². The Morgan fingerprint density at radius 1 is 1.10 bits per heavy atom. The highest BCUT2D eigenvalue weighted by Gasteiger charge is 2.22. The molecule has 0 bridgehead atoms. The van der Waals surface area contributed by atoms with Crippen LogP contribution in [0.4, 0.5) is 5.69 Å². The van der Waals surface area contributed by atoms with Gasteiger partial charge in [-0.05, 0) is 67.8 Å². The second kappa shape index (κ2) is 8.14. The standard InChI is InChI=1S/C24H23NO5/c1-15-10-20-18(13-29-22(20)11-16(15)2)12-24(28)30-14-21(26)17-5-7-19(8-6-17)25-9-3-4-23(25)27/h5-8,10-11,13H,3-4,9,12,14H2,1-2H3. The van der Waals surface area contributed by atoms with Crippen LogP contribution in [0.2, 0.25) is 0 Å². The number of esters is 1. The highest BCUT2D eigenvalue weighted by Crippen LogP contribution is 2.25. The second-order valence-corrected chi connectivity index (χ2v) is 7.65. The fraction of sp³-hybridized carbons (Fsp3) is 0.292. The lowest BCUT2D eigenvalue weighted by atomic mass is 10.0. The molecular weight excluding hydrogens is 382 g/mol. The topological polar surface area (TPSA) is 76.8 Å². The summed E-state index contributed by atoms with van der Waals surface area (Å²) in [7, 11) is 0. The number of benzene rings is 2. The molecule has 0 atom stereocenters. The van der Waals surface area contributed by atoms with Crippen molar-refractivity contribution >= 4 is 34.3 Å². The molecule has 4 rings (SSSR count). The molecular formula is C24H23NO5. The summed E-state index contributed by atoms with van der Waals surface area (Å²) >= 11 is 0. The lowest BCUT2D eigenvalue weighted by Crippen LogP contribution is -2.23. The molecule has 1 fully saturated rings. The van der Waals surface area contributed by atoms with Gasteiger partial charge in [-0.1, -0.05) is 0 Å². The van der Waals surface area contributed by atoms with Crippen molar-refractivity contribution in [1.82, 2.24) is 0 Å². The van der Waals surface area contributed by atoms with Crippen LogP contribution in [0.1, 0.15) is 39.9 Å². The van der Waals surface area contributed by atoms with Crippen molar-refractivity contribution in [3.05, 3.63) is 64.9 Å². The van der Waals surface area contributed by atoms with Gasteiger partial charge in [-0.3, -0.25) is 14.4 Å². The number of anilines is 1. The van der Waals surface area contributed by atoms with Gasteiger partial charge in [0.1, 0.15) is 5.58 Å². The maximum Gasteiger partial charge on any atom is 0.310 e. The molecule has 1 aliphatic rings. The fourth-order valence-corrected chi connectivity index (χ4v) is 3.66. The maximum absolute atomic E-state index is 12.4. The zero-order valence-corrected chi connectivity index (χ0v) is 17.1. The van der Waals surface area contributed by atoms with E-state index in [9.17, 15) is 14.4 Å². The molecule has 1 saturated heterocycles. The number of rotatable bonds is 6. The summed E-state index contributed by atoms with van der Waals surface area (Å²) in [4.78, 5) is 38.1. The molecule has 1 aliphatic heterocycles. The lowest BCUT2D eigenvalue weighted by molar-refractivity contribution is -0.141. The van der Waals surface area contributed by atoms with Gasteiger partial charge in [0.05, 0.1) is 12.7 Å². The highest BCUT2D eigenvalue weighted by molar-refractivity contribution is 5.99. The summed E-state index contributed by atoms with van der Waals surface area (Å²) in [5.41, 5.74) is 4.93. The number of hydrogen-bond acceptors (Lipinski definition) is 5. The molecule has 1 aromatic heterocycles. The van der Waals surface area contributed by atoms with Crippen LogP contribution in [-0.2, 0) is 20.7 Å². The van der Waals surface area contributed by atoms with E-state index in [2.05, 4.69) is 0 Å². The molecule has 2 heterocycles. The van der Waals surface area contributed by atoms with E-state index in [0.717, 1.165) is 39.8 Å². The summed E-state index contributed by atoms with van der Waals surface area (Å²) < 4.78 is 10.7. The molecule has 0 radical (unpaired) electrons. The molecule has 0 saturated carbocycles. The summed E-state index contributed by atoms with van der Waals surface area (Å²) in [6.45, 7) is 4.39. The molecule has 0 unspecified atom stereocenters. The van der Waals surface area contributed by atoms with E-state index in [4.69, 9.17) is 9.15 Å². The van der Waals surface area contributed by atoms with Gasteiger partial charge in [-0.15, -0.1) is 0 Å². The Kier molecular flexibility index (Phi) is 5.40. The summed E-state index contributed by atoms with van der Waals surface area (Å²) in [6.07, 6.45) is 3.01. The SMILES string of the molecule is Cc1cc2occ(CC(=O)OCC(=O)c3ccc(N4CCCC4=O)cc3)c2cc1C. The van der Waals surface area contributed by atoms with Crippen LogP contribution in [0.5, 0.6) is 0 Å². The Balaban J connectivity index is 1.35. The van der Waals surface area contributed by atoms with E-state index < -0.39 is 5.97 Å². The number of nitrogens with zero attached hydrogens (tertiary/aromatic N) is 1. The number of furan rings is 1. The van der Waals surface area contributed by atoms with Crippen LogP contribution in [-0.4, -0.2) is 30.8 Å². The number of amides is 1. The maximum atomic E-state index is 12.4. The van der Waals surface area contributed by atoms with Crippen molar-refractivity contribution in [2.24, 2.45) is 0 Å². The lowest BCUT2D eigenvalue weighted by Gasteiger charge is -2.15. The van der Waals surface area contributed by atoms with Crippen molar-refractivity contribution in [1.29, 1.82) is 0 Å². The Morgan fingerprint density at radius 2 is 1.83 bits per heavy atom. The number of hydrogen-bond donors (Lipinski definition) is 0. The fourth-order valence-electron chi connectivity index (χ4n) is 3.66. The second-order valence-electron chi connectivity index (χ2n) is 7.65. The number of Topliss-reactive ketones (excluding diaryl/α,β-unsaturated/α-hetero) is 1. The van der Waals surface area contributed by atoms with E-state index in [1.807, 2.05) is 26.0 Å². The molecule has 154 valence electrons. The number of ketones is 1. The third-order valence-electron chi connectivity index (χ3n) is 5.54. The smallest absolute Gasteiger partial charge is 0.310 e. The van der Waals surface area contributed by atoms with Gasteiger partial charge in [0.25, 0.3) is 0 Å². The Morgan fingerprint density at radius 3 is 2.53 bits per heavy atom. The molecule has 2 aromatic carbocycles. The number of ether oxygens (including phenoxy) is 1. The van der Waals surface area contributed by atoms with Crippen molar-refractivity contribution in [2.75, 3.05) is 18.1 Å². The van der Waals surface area contributed by atoms with Gasteiger partial charge in [0.15, 0.2) is 12.4 Å². The zero-order valence-electron chi connectivity index (χ0n) is 17.1. The molecule has 0 N–H and O–H groups in total. The molecule has 3 aromatic rings. The minimum atomic E-state index is -0.483. The van der Waals surface area contributed by atoms with Crippen molar-refractivity contribution in [3.63, 3.8) is 0 Å². The molecule has 0 spiro atoms. The normalized spacial score (nSPS) is 13.8.